The highest BCUT2D eigenvalue weighted by Crippen LogP contribution is 2.01. The molecule has 0 saturated carbocycles. The quantitative estimate of drug-likeness (QED) is 0.581. The molecule has 94 valence electrons. The number of hydrogen-bond donors (Lipinski definition) is 3. The molecule has 2 amide bonds. The van der Waals surface area contributed by atoms with Gasteiger partial charge in [-0.2, -0.15) is 0 Å². The highest BCUT2D eigenvalue weighted by molar-refractivity contribution is 5.75. The summed E-state index contributed by atoms with van der Waals surface area (Å²) in [7, 11) is 0. The summed E-state index contributed by atoms with van der Waals surface area (Å²) in [6.45, 7) is 6.57. The van der Waals surface area contributed by atoms with Crippen LogP contribution in [0.25, 0.3) is 0 Å². The minimum atomic E-state index is -0.910. The van der Waals surface area contributed by atoms with Crippen molar-refractivity contribution >= 4 is 12.0 Å². The molecule has 16 heavy (non-hydrogen) atoms. The molecule has 1 atom stereocenters. The molecule has 0 spiro atoms. The van der Waals surface area contributed by atoms with Gasteiger partial charge in [-0.1, -0.05) is 13.8 Å². The maximum atomic E-state index is 11.3. The van der Waals surface area contributed by atoms with Gasteiger partial charge in [0, 0.05) is 12.6 Å². The Kier molecular flexibility index (Phi) is 7.33. The van der Waals surface area contributed by atoms with Crippen molar-refractivity contribution in [1.82, 2.24) is 10.6 Å². The third kappa shape index (κ3) is 9.30. The molecule has 5 nitrogen and oxygen atoms in total. The number of carbonyl (C=O) groups excluding carboxylic acids is 1. The van der Waals surface area contributed by atoms with Gasteiger partial charge in [0.25, 0.3) is 0 Å². The number of carboxylic acid groups (broad SMARTS) is 1. The molecule has 0 aliphatic rings. The molecular weight excluding hydrogens is 208 g/mol. The summed E-state index contributed by atoms with van der Waals surface area (Å²) in [5.41, 5.74) is 0. The lowest BCUT2D eigenvalue weighted by Crippen LogP contribution is -2.41. The van der Waals surface area contributed by atoms with Crippen molar-refractivity contribution in [2.75, 3.05) is 6.54 Å². The zero-order valence-corrected chi connectivity index (χ0v) is 10.2. The first-order valence-corrected chi connectivity index (χ1v) is 5.68. The zero-order valence-electron chi connectivity index (χ0n) is 10.2. The van der Waals surface area contributed by atoms with E-state index in [2.05, 4.69) is 24.5 Å². The number of nitrogens with one attached hydrogen (secondary N) is 2. The number of urea groups is 1. The largest absolute Gasteiger partial charge is 0.481 e. The lowest BCUT2D eigenvalue weighted by atomic mass is 10.1. The van der Waals surface area contributed by atoms with E-state index in [0.29, 0.717) is 12.5 Å². The first-order valence-electron chi connectivity index (χ1n) is 5.68. The van der Waals surface area contributed by atoms with Gasteiger partial charge in [-0.3, -0.25) is 4.79 Å². The van der Waals surface area contributed by atoms with Gasteiger partial charge in [0.15, 0.2) is 0 Å². The van der Waals surface area contributed by atoms with Crippen molar-refractivity contribution in [3.8, 4) is 0 Å². The fraction of sp³-hybridized carbons (Fsp3) is 0.818. The summed E-state index contributed by atoms with van der Waals surface area (Å²) in [4.78, 5) is 21.6. The smallest absolute Gasteiger partial charge is 0.315 e. The summed E-state index contributed by atoms with van der Waals surface area (Å²) in [5, 5.41) is 13.8. The van der Waals surface area contributed by atoms with Crippen LogP contribution < -0.4 is 10.6 Å². The topological polar surface area (TPSA) is 78.4 Å². The normalized spacial score (nSPS) is 12.2. The minimum Gasteiger partial charge on any atom is -0.481 e. The standard InChI is InChI=1S/C11H22N2O3/c1-8(2)5-4-6-12-11(16)13-9(3)7-10(14)15/h8-9H,4-7H2,1-3H3,(H,14,15)(H2,12,13,16). The molecule has 0 aromatic rings. The lowest BCUT2D eigenvalue weighted by molar-refractivity contribution is -0.137. The number of carbonyl (C=O) groups is 2. The number of rotatable bonds is 7. The van der Waals surface area contributed by atoms with Gasteiger partial charge in [0.2, 0.25) is 0 Å². The predicted octanol–water partition coefficient (Wildman–Crippen LogP) is 1.58. The van der Waals surface area contributed by atoms with E-state index < -0.39 is 5.97 Å². The Morgan fingerprint density at radius 1 is 1.25 bits per heavy atom. The van der Waals surface area contributed by atoms with Crippen LogP contribution in [-0.2, 0) is 4.79 Å². The zero-order chi connectivity index (χ0) is 12.6. The van der Waals surface area contributed by atoms with E-state index in [1.54, 1.807) is 6.92 Å². The highest BCUT2D eigenvalue weighted by atomic mass is 16.4. The van der Waals surface area contributed by atoms with Gasteiger partial charge in [-0.25, -0.2) is 4.79 Å². The second-order valence-corrected chi connectivity index (χ2v) is 4.44. The molecule has 1 unspecified atom stereocenters. The summed E-state index contributed by atoms with van der Waals surface area (Å²) in [5.74, 6) is -0.275. The van der Waals surface area contributed by atoms with Gasteiger partial charge in [0.05, 0.1) is 6.42 Å². The summed E-state index contributed by atoms with van der Waals surface area (Å²) >= 11 is 0. The fourth-order valence-electron chi connectivity index (χ4n) is 1.30. The minimum absolute atomic E-state index is 0.0561. The molecule has 0 saturated heterocycles. The monoisotopic (exact) mass is 230 g/mol. The first-order chi connectivity index (χ1) is 7.41. The van der Waals surface area contributed by atoms with Crippen LogP contribution >= 0.6 is 0 Å². The van der Waals surface area contributed by atoms with Crippen molar-refractivity contribution in [2.24, 2.45) is 5.92 Å². The van der Waals surface area contributed by atoms with Crippen molar-refractivity contribution < 1.29 is 14.7 Å². The SMILES string of the molecule is CC(C)CCCNC(=O)NC(C)CC(=O)O. The molecule has 0 rings (SSSR count). The molecule has 0 aromatic heterocycles. The molecular formula is C11H22N2O3. The predicted molar refractivity (Wildman–Crippen MR) is 62.3 cm³/mol. The van der Waals surface area contributed by atoms with E-state index in [1.165, 1.54) is 0 Å². The maximum absolute atomic E-state index is 11.3. The van der Waals surface area contributed by atoms with Crippen molar-refractivity contribution in [2.45, 2.75) is 46.1 Å². The molecule has 0 bridgehead atoms. The average Bonchev–Trinajstić information content (AvgIpc) is 2.10. The molecule has 5 heteroatoms. The van der Waals surface area contributed by atoms with Crippen LogP contribution in [0.15, 0.2) is 0 Å². The Morgan fingerprint density at radius 3 is 2.38 bits per heavy atom. The number of aliphatic carboxylic acids is 1. The van der Waals surface area contributed by atoms with E-state index >= 15 is 0 Å². The summed E-state index contributed by atoms with van der Waals surface area (Å²) in [6.07, 6.45) is 1.96. The Bertz CT molecular complexity index is 229. The molecule has 0 aliphatic heterocycles. The number of amides is 2. The van der Waals surface area contributed by atoms with Crippen LogP contribution in [-0.4, -0.2) is 29.7 Å². The molecule has 0 heterocycles. The third-order valence-corrected chi connectivity index (χ3v) is 2.10. The molecule has 3 N–H and O–H groups in total. The van der Waals surface area contributed by atoms with Crippen LogP contribution in [0.1, 0.15) is 40.0 Å². The molecule has 0 radical (unpaired) electrons. The van der Waals surface area contributed by atoms with E-state index in [4.69, 9.17) is 5.11 Å². The maximum Gasteiger partial charge on any atom is 0.315 e. The van der Waals surface area contributed by atoms with Crippen LogP contribution in [0.3, 0.4) is 0 Å². The van der Waals surface area contributed by atoms with E-state index in [1.807, 2.05) is 0 Å². The Hall–Kier alpha value is -1.26. The van der Waals surface area contributed by atoms with Gasteiger partial charge in [0.1, 0.15) is 0 Å². The van der Waals surface area contributed by atoms with E-state index in [0.717, 1.165) is 12.8 Å². The fourth-order valence-corrected chi connectivity index (χ4v) is 1.30. The Balaban J connectivity index is 3.54. The lowest BCUT2D eigenvalue weighted by Gasteiger charge is -2.12. The van der Waals surface area contributed by atoms with E-state index in [-0.39, 0.29) is 18.5 Å². The first kappa shape index (κ1) is 14.7. The van der Waals surface area contributed by atoms with Gasteiger partial charge < -0.3 is 15.7 Å². The Labute approximate surface area is 96.6 Å². The van der Waals surface area contributed by atoms with Crippen molar-refractivity contribution in [1.29, 1.82) is 0 Å². The molecule has 0 aliphatic carbocycles. The van der Waals surface area contributed by atoms with Crippen molar-refractivity contribution in [3.63, 3.8) is 0 Å². The number of hydrogen-bond acceptors (Lipinski definition) is 2. The van der Waals surface area contributed by atoms with Gasteiger partial charge in [-0.15, -0.1) is 0 Å². The van der Waals surface area contributed by atoms with Gasteiger partial charge >= 0.3 is 12.0 Å². The summed E-state index contributed by atoms with van der Waals surface area (Å²) < 4.78 is 0. The van der Waals surface area contributed by atoms with Crippen molar-refractivity contribution in [3.05, 3.63) is 0 Å². The van der Waals surface area contributed by atoms with Crippen LogP contribution in [0.4, 0.5) is 4.79 Å². The third-order valence-electron chi connectivity index (χ3n) is 2.10. The van der Waals surface area contributed by atoms with E-state index in [9.17, 15) is 9.59 Å². The highest BCUT2D eigenvalue weighted by Gasteiger charge is 2.09. The molecule has 0 fully saturated rings. The van der Waals surface area contributed by atoms with Gasteiger partial charge in [-0.05, 0) is 25.7 Å². The number of carboxylic acids is 1. The molecule has 0 aromatic carbocycles. The van der Waals surface area contributed by atoms with Crippen LogP contribution in [0.2, 0.25) is 0 Å². The second kappa shape index (κ2) is 7.96. The average molecular weight is 230 g/mol. The van der Waals surface area contributed by atoms with Crippen LogP contribution in [0, 0.1) is 5.92 Å². The van der Waals surface area contributed by atoms with Crippen LogP contribution in [0.5, 0.6) is 0 Å². The second-order valence-electron chi connectivity index (χ2n) is 4.44. The summed E-state index contributed by atoms with van der Waals surface area (Å²) in [6, 6.07) is -0.639. The Morgan fingerprint density at radius 2 is 1.88 bits per heavy atom.